The molecular weight excluding hydrogens is 216 g/mol. The Balaban J connectivity index is 2.26. The van der Waals surface area contributed by atoms with Gasteiger partial charge >= 0.3 is 0 Å². The van der Waals surface area contributed by atoms with Crippen LogP contribution in [0.3, 0.4) is 0 Å². The molecule has 0 saturated carbocycles. The normalized spacial score (nSPS) is 10.4. The van der Waals surface area contributed by atoms with Gasteiger partial charge < -0.3 is 14.8 Å². The van der Waals surface area contributed by atoms with E-state index in [1.54, 1.807) is 7.11 Å². The number of halogens is 2. The molecule has 0 fully saturated rings. The van der Waals surface area contributed by atoms with E-state index in [-0.39, 0.29) is 5.69 Å². The van der Waals surface area contributed by atoms with Crippen LogP contribution in [0.2, 0.25) is 0 Å². The van der Waals surface area contributed by atoms with Gasteiger partial charge in [0.2, 0.25) is 0 Å². The van der Waals surface area contributed by atoms with Crippen LogP contribution in [0.1, 0.15) is 0 Å². The van der Waals surface area contributed by atoms with Crippen LogP contribution in [0.15, 0.2) is 18.2 Å². The molecule has 0 radical (unpaired) electrons. The van der Waals surface area contributed by atoms with Crippen molar-refractivity contribution in [3.8, 4) is 0 Å². The highest BCUT2D eigenvalue weighted by Crippen LogP contribution is 2.17. The third-order valence-corrected chi connectivity index (χ3v) is 1.94. The third kappa shape index (κ3) is 4.12. The van der Waals surface area contributed by atoms with Gasteiger partial charge in [-0.1, -0.05) is 6.07 Å². The van der Waals surface area contributed by atoms with Gasteiger partial charge in [-0.2, -0.15) is 0 Å². The lowest BCUT2D eigenvalue weighted by molar-refractivity contribution is 0.0759. The van der Waals surface area contributed by atoms with Gasteiger partial charge in [-0.05, 0) is 12.1 Å². The quantitative estimate of drug-likeness (QED) is 0.728. The van der Waals surface area contributed by atoms with Crippen molar-refractivity contribution in [3.63, 3.8) is 0 Å². The molecule has 1 aromatic carbocycles. The summed E-state index contributed by atoms with van der Waals surface area (Å²) in [5.74, 6) is -1.20. The van der Waals surface area contributed by atoms with Gasteiger partial charge in [-0.15, -0.1) is 0 Å². The first-order valence-corrected chi connectivity index (χ1v) is 5.00. The second kappa shape index (κ2) is 7.14. The maximum atomic E-state index is 13.1. The lowest BCUT2D eigenvalue weighted by atomic mass is 10.3. The molecule has 0 aromatic heterocycles. The number of ether oxygens (including phenoxy) is 2. The lowest BCUT2D eigenvalue weighted by Crippen LogP contribution is -2.13. The zero-order valence-corrected chi connectivity index (χ0v) is 9.13. The van der Waals surface area contributed by atoms with E-state index >= 15 is 0 Å². The van der Waals surface area contributed by atoms with Gasteiger partial charge in [0, 0.05) is 13.7 Å². The van der Waals surface area contributed by atoms with E-state index in [2.05, 4.69) is 5.32 Å². The summed E-state index contributed by atoms with van der Waals surface area (Å²) in [6, 6.07) is 3.74. The standard InChI is InChI=1S/C11H15F2NO2/c1-15-7-8-16-6-5-14-11-9(12)3-2-4-10(11)13/h2-4,14H,5-8H2,1H3. The molecule has 0 amide bonds. The summed E-state index contributed by atoms with van der Waals surface area (Å²) in [5.41, 5.74) is -0.113. The number of hydrogen-bond acceptors (Lipinski definition) is 3. The molecule has 1 rings (SSSR count). The molecule has 0 saturated heterocycles. The lowest BCUT2D eigenvalue weighted by Gasteiger charge is -2.08. The maximum Gasteiger partial charge on any atom is 0.149 e. The van der Waals surface area contributed by atoms with Gasteiger partial charge in [-0.25, -0.2) is 8.78 Å². The monoisotopic (exact) mass is 231 g/mol. The van der Waals surface area contributed by atoms with Crippen LogP contribution in [-0.2, 0) is 9.47 Å². The van der Waals surface area contributed by atoms with E-state index in [4.69, 9.17) is 9.47 Å². The Morgan fingerprint density at radius 2 is 1.81 bits per heavy atom. The predicted molar refractivity (Wildman–Crippen MR) is 57.5 cm³/mol. The number of methoxy groups -OCH3 is 1. The van der Waals surface area contributed by atoms with Crippen molar-refractivity contribution in [2.75, 3.05) is 38.8 Å². The molecule has 0 spiro atoms. The van der Waals surface area contributed by atoms with Crippen LogP contribution in [0, 0.1) is 11.6 Å². The highest BCUT2D eigenvalue weighted by atomic mass is 19.1. The highest BCUT2D eigenvalue weighted by molar-refractivity contribution is 5.45. The van der Waals surface area contributed by atoms with Crippen molar-refractivity contribution >= 4 is 5.69 Å². The Labute approximate surface area is 93.4 Å². The molecule has 1 aromatic rings. The number of para-hydroxylation sites is 1. The fourth-order valence-electron chi connectivity index (χ4n) is 1.16. The number of anilines is 1. The van der Waals surface area contributed by atoms with E-state index < -0.39 is 11.6 Å². The molecule has 0 heterocycles. The first kappa shape index (κ1) is 12.9. The summed E-state index contributed by atoms with van der Waals surface area (Å²) >= 11 is 0. The summed E-state index contributed by atoms with van der Waals surface area (Å²) < 4.78 is 36.2. The maximum absolute atomic E-state index is 13.1. The van der Waals surface area contributed by atoms with Gasteiger partial charge in [0.25, 0.3) is 0 Å². The van der Waals surface area contributed by atoms with Crippen LogP contribution < -0.4 is 5.32 Å². The number of nitrogens with one attached hydrogen (secondary N) is 1. The van der Waals surface area contributed by atoms with Crippen LogP contribution in [0.4, 0.5) is 14.5 Å². The van der Waals surface area contributed by atoms with E-state index in [0.29, 0.717) is 26.4 Å². The van der Waals surface area contributed by atoms with Crippen molar-refractivity contribution in [2.45, 2.75) is 0 Å². The van der Waals surface area contributed by atoms with E-state index in [0.717, 1.165) is 0 Å². The minimum absolute atomic E-state index is 0.113. The zero-order valence-electron chi connectivity index (χ0n) is 9.13. The summed E-state index contributed by atoms with van der Waals surface area (Å²) in [6.45, 7) is 1.70. The number of hydrogen-bond donors (Lipinski definition) is 1. The minimum atomic E-state index is -0.600. The Kier molecular flexibility index (Phi) is 5.74. The van der Waals surface area contributed by atoms with Crippen molar-refractivity contribution < 1.29 is 18.3 Å². The van der Waals surface area contributed by atoms with Crippen LogP contribution in [0.25, 0.3) is 0 Å². The summed E-state index contributed by atoms with van der Waals surface area (Å²) in [4.78, 5) is 0. The molecule has 0 aliphatic heterocycles. The first-order valence-electron chi connectivity index (χ1n) is 5.00. The molecule has 16 heavy (non-hydrogen) atoms. The van der Waals surface area contributed by atoms with Crippen molar-refractivity contribution in [1.29, 1.82) is 0 Å². The molecular formula is C11H15F2NO2. The van der Waals surface area contributed by atoms with Gasteiger partial charge in [-0.3, -0.25) is 0 Å². The molecule has 1 N–H and O–H groups in total. The molecule has 0 unspecified atom stereocenters. The van der Waals surface area contributed by atoms with Gasteiger partial charge in [0.05, 0.1) is 19.8 Å². The van der Waals surface area contributed by atoms with Crippen LogP contribution >= 0.6 is 0 Å². The van der Waals surface area contributed by atoms with E-state index in [1.807, 2.05) is 0 Å². The van der Waals surface area contributed by atoms with Crippen LogP contribution in [0.5, 0.6) is 0 Å². The largest absolute Gasteiger partial charge is 0.382 e. The summed E-state index contributed by atoms with van der Waals surface area (Å²) in [6.07, 6.45) is 0. The molecule has 3 nitrogen and oxygen atoms in total. The van der Waals surface area contributed by atoms with Gasteiger partial charge in [0.1, 0.15) is 17.3 Å². The predicted octanol–water partition coefficient (Wildman–Crippen LogP) is 2.04. The van der Waals surface area contributed by atoms with E-state index in [1.165, 1.54) is 18.2 Å². The fraction of sp³-hybridized carbons (Fsp3) is 0.455. The van der Waals surface area contributed by atoms with Crippen molar-refractivity contribution in [1.82, 2.24) is 0 Å². The molecule has 0 aliphatic carbocycles. The Morgan fingerprint density at radius 1 is 1.12 bits per heavy atom. The number of rotatable bonds is 7. The minimum Gasteiger partial charge on any atom is -0.382 e. The molecule has 5 heteroatoms. The summed E-state index contributed by atoms with van der Waals surface area (Å²) in [7, 11) is 1.58. The smallest absolute Gasteiger partial charge is 0.149 e. The first-order chi connectivity index (χ1) is 7.75. The molecule has 0 aliphatic rings. The summed E-state index contributed by atoms with van der Waals surface area (Å²) in [5, 5.41) is 2.64. The third-order valence-electron chi connectivity index (χ3n) is 1.94. The van der Waals surface area contributed by atoms with E-state index in [9.17, 15) is 8.78 Å². The topological polar surface area (TPSA) is 30.5 Å². The SMILES string of the molecule is COCCOCCNc1c(F)cccc1F. The Morgan fingerprint density at radius 3 is 2.44 bits per heavy atom. The Bertz CT molecular complexity index is 301. The second-order valence-electron chi connectivity index (χ2n) is 3.13. The average molecular weight is 231 g/mol. The molecule has 0 bridgehead atoms. The van der Waals surface area contributed by atoms with Crippen LogP contribution in [-0.4, -0.2) is 33.5 Å². The Hall–Kier alpha value is -1.20. The average Bonchev–Trinajstić information content (AvgIpc) is 2.26. The van der Waals surface area contributed by atoms with Crippen molar-refractivity contribution in [3.05, 3.63) is 29.8 Å². The fourth-order valence-corrected chi connectivity index (χ4v) is 1.16. The van der Waals surface area contributed by atoms with Crippen molar-refractivity contribution in [2.24, 2.45) is 0 Å². The zero-order chi connectivity index (χ0) is 11.8. The number of benzene rings is 1. The molecule has 90 valence electrons. The highest BCUT2D eigenvalue weighted by Gasteiger charge is 2.06. The second-order valence-corrected chi connectivity index (χ2v) is 3.13. The molecule has 0 atom stereocenters. The van der Waals surface area contributed by atoms with Gasteiger partial charge in [0.15, 0.2) is 0 Å².